The van der Waals surface area contributed by atoms with Gasteiger partial charge in [0, 0.05) is 22.5 Å². The molecule has 2 N–H and O–H groups in total. The second kappa shape index (κ2) is 7.05. The van der Waals surface area contributed by atoms with Crippen LogP contribution in [0.2, 0.25) is 0 Å². The lowest BCUT2D eigenvalue weighted by Crippen LogP contribution is -2.28. The minimum atomic E-state index is -0.344. The van der Waals surface area contributed by atoms with Crippen molar-refractivity contribution < 1.29 is 4.79 Å². The number of hydrogen-bond donors (Lipinski definition) is 2. The van der Waals surface area contributed by atoms with E-state index in [1.165, 1.54) is 28.2 Å². The van der Waals surface area contributed by atoms with Gasteiger partial charge >= 0.3 is 0 Å². The van der Waals surface area contributed by atoms with Crippen LogP contribution in [0.1, 0.15) is 15.2 Å². The van der Waals surface area contributed by atoms with Crippen LogP contribution in [0.4, 0.5) is 5.69 Å². The molecule has 27 heavy (non-hydrogen) atoms. The summed E-state index contributed by atoms with van der Waals surface area (Å²) in [4.78, 5) is 36.4. The Bertz CT molecular complexity index is 1220. The minimum Gasteiger partial charge on any atom is -0.321 e. The minimum absolute atomic E-state index is 0.182. The van der Waals surface area contributed by atoms with Gasteiger partial charge in [0.15, 0.2) is 0 Å². The summed E-state index contributed by atoms with van der Waals surface area (Å²) in [6.45, 7) is 0.210. The number of benzene rings is 2. The van der Waals surface area contributed by atoms with Crippen LogP contribution in [0.25, 0.3) is 10.1 Å². The van der Waals surface area contributed by atoms with Gasteiger partial charge in [-0.3, -0.25) is 19.5 Å². The van der Waals surface area contributed by atoms with E-state index in [1.807, 2.05) is 36.4 Å². The molecule has 2 heterocycles. The van der Waals surface area contributed by atoms with Crippen LogP contribution in [0.5, 0.6) is 0 Å². The van der Waals surface area contributed by atoms with E-state index in [-0.39, 0.29) is 23.6 Å². The Hall–Kier alpha value is -3.45. The zero-order chi connectivity index (χ0) is 18.8. The quantitative estimate of drug-likeness (QED) is 0.573. The highest BCUT2D eigenvalue weighted by atomic mass is 32.1. The number of anilines is 1. The first kappa shape index (κ1) is 17.0. The van der Waals surface area contributed by atoms with Crippen molar-refractivity contribution >= 4 is 33.0 Å². The SMILES string of the molecule is O=C(Nc1cccc(Cn2[nH]c(=O)ccc2=O)c1)c1cc2ccccc2s1. The van der Waals surface area contributed by atoms with Crippen molar-refractivity contribution in [3.05, 3.63) is 97.9 Å². The maximum atomic E-state index is 12.5. The van der Waals surface area contributed by atoms with E-state index >= 15 is 0 Å². The predicted molar refractivity (Wildman–Crippen MR) is 107 cm³/mol. The van der Waals surface area contributed by atoms with E-state index in [0.29, 0.717) is 10.6 Å². The van der Waals surface area contributed by atoms with E-state index in [9.17, 15) is 14.4 Å². The molecule has 0 aliphatic rings. The number of nitrogens with zero attached hydrogens (tertiary/aromatic N) is 1. The summed E-state index contributed by atoms with van der Waals surface area (Å²) in [5.41, 5.74) is 0.771. The highest BCUT2D eigenvalue weighted by Crippen LogP contribution is 2.26. The largest absolute Gasteiger partial charge is 0.321 e. The molecule has 6 nitrogen and oxygen atoms in total. The summed E-state index contributed by atoms with van der Waals surface area (Å²) in [6.07, 6.45) is 0. The number of H-pyrrole nitrogens is 1. The Balaban J connectivity index is 1.55. The molecular weight excluding hydrogens is 362 g/mol. The van der Waals surface area contributed by atoms with Crippen molar-refractivity contribution in [1.29, 1.82) is 0 Å². The van der Waals surface area contributed by atoms with Crippen molar-refractivity contribution in [2.75, 3.05) is 5.32 Å². The Labute approximate surface area is 157 Å². The van der Waals surface area contributed by atoms with Gasteiger partial charge in [0.25, 0.3) is 17.0 Å². The van der Waals surface area contributed by atoms with Gasteiger partial charge in [-0.05, 0) is 35.2 Å². The van der Waals surface area contributed by atoms with Crippen molar-refractivity contribution in [2.45, 2.75) is 6.54 Å². The second-order valence-corrected chi connectivity index (χ2v) is 7.12. The van der Waals surface area contributed by atoms with Gasteiger partial charge in [0.1, 0.15) is 0 Å². The molecule has 0 radical (unpaired) electrons. The van der Waals surface area contributed by atoms with Gasteiger partial charge in [-0.15, -0.1) is 11.3 Å². The summed E-state index contributed by atoms with van der Waals surface area (Å²) in [5.74, 6) is -0.182. The first-order valence-electron chi connectivity index (χ1n) is 8.27. The first-order chi connectivity index (χ1) is 13.1. The maximum absolute atomic E-state index is 12.5. The van der Waals surface area contributed by atoms with Crippen LogP contribution in [0, 0.1) is 0 Å². The zero-order valence-corrected chi connectivity index (χ0v) is 15.0. The fraction of sp³-hybridized carbons (Fsp3) is 0.0500. The number of carbonyl (C=O) groups excluding carboxylic acids is 1. The third kappa shape index (κ3) is 3.73. The van der Waals surface area contributed by atoms with Crippen molar-refractivity contribution in [1.82, 2.24) is 9.78 Å². The molecular formula is C20H15N3O3S. The topological polar surface area (TPSA) is 84.0 Å². The summed E-state index contributed by atoms with van der Waals surface area (Å²) in [5, 5.41) is 6.41. The Morgan fingerprint density at radius 2 is 1.85 bits per heavy atom. The molecule has 4 aromatic rings. The number of amides is 1. The molecule has 7 heteroatoms. The molecule has 2 aromatic carbocycles. The van der Waals surface area contributed by atoms with Crippen LogP contribution >= 0.6 is 11.3 Å². The van der Waals surface area contributed by atoms with Crippen LogP contribution in [0.3, 0.4) is 0 Å². The second-order valence-electron chi connectivity index (χ2n) is 6.04. The molecule has 0 spiro atoms. The Morgan fingerprint density at radius 1 is 1.00 bits per heavy atom. The molecule has 134 valence electrons. The number of aromatic nitrogens is 2. The smallest absolute Gasteiger partial charge is 0.265 e. The zero-order valence-electron chi connectivity index (χ0n) is 14.1. The fourth-order valence-electron chi connectivity index (χ4n) is 2.80. The molecule has 0 unspecified atom stereocenters. The summed E-state index contributed by atoms with van der Waals surface area (Å²) in [7, 11) is 0. The average molecular weight is 377 g/mol. The number of fused-ring (bicyclic) bond motifs is 1. The standard InChI is InChI=1S/C20H15N3O3S/c24-18-8-9-19(25)23(22-18)12-13-4-3-6-15(10-13)21-20(26)17-11-14-5-1-2-7-16(14)27-17/h1-11H,12H2,(H,21,26)(H,22,24). The van der Waals surface area contributed by atoms with Gasteiger partial charge in [-0.1, -0.05) is 30.3 Å². The van der Waals surface area contributed by atoms with Gasteiger partial charge in [0.2, 0.25) is 0 Å². The lowest BCUT2D eigenvalue weighted by Gasteiger charge is -2.08. The van der Waals surface area contributed by atoms with Crippen LogP contribution in [0.15, 0.2) is 76.3 Å². The van der Waals surface area contributed by atoms with Crippen molar-refractivity contribution in [3.63, 3.8) is 0 Å². The summed E-state index contributed by atoms with van der Waals surface area (Å²) >= 11 is 1.44. The molecule has 1 amide bonds. The summed E-state index contributed by atoms with van der Waals surface area (Å²) in [6, 6.07) is 19.3. The Morgan fingerprint density at radius 3 is 2.70 bits per heavy atom. The van der Waals surface area contributed by atoms with Crippen molar-refractivity contribution in [2.24, 2.45) is 0 Å². The van der Waals surface area contributed by atoms with Gasteiger partial charge in [-0.2, -0.15) is 0 Å². The highest BCUT2D eigenvalue weighted by Gasteiger charge is 2.11. The summed E-state index contributed by atoms with van der Waals surface area (Å²) < 4.78 is 2.29. The molecule has 0 saturated heterocycles. The molecule has 0 atom stereocenters. The van der Waals surface area contributed by atoms with Gasteiger partial charge in [-0.25, -0.2) is 4.68 Å². The molecule has 0 bridgehead atoms. The van der Waals surface area contributed by atoms with E-state index in [4.69, 9.17) is 0 Å². The lowest BCUT2D eigenvalue weighted by atomic mass is 10.2. The van der Waals surface area contributed by atoms with Crippen LogP contribution < -0.4 is 16.4 Å². The molecule has 0 fully saturated rings. The number of carbonyl (C=O) groups is 1. The third-order valence-corrected chi connectivity index (χ3v) is 5.18. The van der Waals surface area contributed by atoms with Gasteiger partial charge in [0.05, 0.1) is 11.4 Å². The normalized spacial score (nSPS) is 10.8. The van der Waals surface area contributed by atoms with Gasteiger partial charge < -0.3 is 5.32 Å². The Kier molecular flexibility index (Phi) is 4.43. The molecule has 0 aliphatic heterocycles. The molecule has 2 aromatic heterocycles. The average Bonchev–Trinajstić information content (AvgIpc) is 3.09. The fourth-order valence-corrected chi connectivity index (χ4v) is 3.75. The van der Waals surface area contributed by atoms with E-state index in [2.05, 4.69) is 10.4 Å². The van der Waals surface area contributed by atoms with Crippen molar-refractivity contribution in [3.8, 4) is 0 Å². The van der Waals surface area contributed by atoms with E-state index in [1.54, 1.807) is 18.2 Å². The predicted octanol–water partition coefficient (Wildman–Crippen LogP) is 3.05. The first-order valence-corrected chi connectivity index (χ1v) is 9.09. The van der Waals surface area contributed by atoms with Crippen LogP contribution in [-0.4, -0.2) is 15.7 Å². The molecule has 4 rings (SSSR count). The van der Waals surface area contributed by atoms with Crippen LogP contribution in [-0.2, 0) is 6.54 Å². The monoisotopic (exact) mass is 377 g/mol. The van der Waals surface area contributed by atoms with E-state index in [0.717, 1.165) is 15.6 Å². The number of aromatic amines is 1. The third-order valence-electron chi connectivity index (χ3n) is 4.06. The lowest BCUT2D eigenvalue weighted by molar-refractivity contribution is 0.103. The number of hydrogen-bond acceptors (Lipinski definition) is 4. The van der Waals surface area contributed by atoms with E-state index < -0.39 is 0 Å². The highest BCUT2D eigenvalue weighted by molar-refractivity contribution is 7.20. The number of thiophene rings is 1. The molecule has 0 saturated carbocycles. The maximum Gasteiger partial charge on any atom is 0.265 e. The molecule has 0 aliphatic carbocycles. The number of rotatable bonds is 4. The number of nitrogens with one attached hydrogen (secondary N) is 2.